The van der Waals surface area contributed by atoms with E-state index in [9.17, 15) is 0 Å². The van der Waals surface area contributed by atoms with Crippen LogP contribution >= 0.6 is 11.6 Å². The first-order valence-electron chi connectivity index (χ1n) is 10.2. The van der Waals surface area contributed by atoms with E-state index in [4.69, 9.17) is 11.6 Å². The molecule has 28 heavy (non-hydrogen) atoms. The zero-order chi connectivity index (χ0) is 19.9. The molecule has 3 nitrogen and oxygen atoms in total. The highest BCUT2D eigenvalue weighted by molar-refractivity contribution is 6.31. The average Bonchev–Trinajstić information content (AvgIpc) is 2.72. The number of benzene rings is 2. The van der Waals surface area contributed by atoms with E-state index in [1.807, 2.05) is 24.4 Å². The molecule has 1 aromatic heterocycles. The van der Waals surface area contributed by atoms with Gasteiger partial charge in [-0.3, -0.25) is 4.98 Å². The van der Waals surface area contributed by atoms with E-state index in [-0.39, 0.29) is 0 Å². The Morgan fingerprint density at radius 3 is 2.54 bits per heavy atom. The number of hydrogen-bond donors (Lipinski definition) is 1. The highest BCUT2D eigenvalue weighted by atomic mass is 35.5. The minimum atomic E-state index is 0.374. The Morgan fingerprint density at radius 2 is 1.82 bits per heavy atom. The van der Waals surface area contributed by atoms with Crippen molar-refractivity contribution in [3.63, 3.8) is 0 Å². The second-order valence-corrected chi connectivity index (χ2v) is 7.73. The number of nitrogens with zero attached hydrogens (tertiary/aromatic N) is 2. The molecule has 1 atom stereocenters. The molecule has 0 aliphatic rings. The number of nitrogens with one attached hydrogen (secondary N) is 1. The van der Waals surface area contributed by atoms with Gasteiger partial charge in [-0.05, 0) is 63.2 Å². The maximum Gasteiger partial charge on any atom is 0.0738 e. The Labute approximate surface area is 173 Å². The van der Waals surface area contributed by atoms with Crippen LogP contribution in [0.2, 0.25) is 5.02 Å². The summed E-state index contributed by atoms with van der Waals surface area (Å²) in [5.41, 5.74) is 4.36. The summed E-state index contributed by atoms with van der Waals surface area (Å²) in [5.74, 6) is 0. The van der Waals surface area contributed by atoms with Gasteiger partial charge >= 0.3 is 0 Å². The molecule has 3 aromatic rings. The van der Waals surface area contributed by atoms with Crippen LogP contribution in [-0.2, 0) is 0 Å². The minimum Gasteiger partial charge on any atom is -0.381 e. The normalized spacial score (nSPS) is 12.5. The van der Waals surface area contributed by atoms with Crippen LogP contribution in [0, 0.1) is 0 Å². The fourth-order valence-electron chi connectivity index (χ4n) is 3.64. The topological polar surface area (TPSA) is 28.2 Å². The Morgan fingerprint density at radius 1 is 1.07 bits per heavy atom. The standard InChI is InChI=1S/C24H30ClN3/c1-4-28(5-2)15-9-10-18(3)27-24-21-14-13-20(25)16-23(21)26-17-22(24)19-11-7-6-8-12-19/h6-8,11-14,16-18H,4-5,9-10,15H2,1-3H3,(H,26,27). The number of pyridine rings is 1. The van der Waals surface area contributed by atoms with Crippen LogP contribution in [0.1, 0.15) is 33.6 Å². The molecule has 3 rings (SSSR count). The molecular formula is C24H30ClN3. The van der Waals surface area contributed by atoms with Crippen LogP contribution < -0.4 is 5.32 Å². The quantitative estimate of drug-likeness (QED) is 0.449. The van der Waals surface area contributed by atoms with Gasteiger partial charge in [0.25, 0.3) is 0 Å². The Kier molecular flexibility index (Phi) is 7.30. The third-order valence-corrected chi connectivity index (χ3v) is 5.55. The highest BCUT2D eigenvalue weighted by Gasteiger charge is 2.14. The van der Waals surface area contributed by atoms with Crippen molar-refractivity contribution in [1.29, 1.82) is 0 Å². The van der Waals surface area contributed by atoms with Gasteiger partial charge in [0.1, 0.15) is 0 Å². The van der Waals surface area contributed by atoms with Gasteiger partial charge in [-0.15, -0.1) is 0 Å². The molecule has 1 unspecified atom stereocenters. The maximum absolute atomic E-state index is 6.19. The number of hydrogen-bond acceptors (Lipinski definition) is 3. The fourth-order valence-corrected chi connectivity index (χ4v) is 3.80. The summed E-state index contributed by atoms with van der Waals surface area (Å²) in [6, 6.07) is 16.8. The largest absolute Gasteiger partial charge is 0.381 e. The smallest absolute Gasteiger partial charge is 0.0738 e. The summed E-state index contributed by atoms with van der Waals surface area (Å²) in [6.07, 6.45) is 4.27. The average molecular weight is 396 g/mol. The molecule has 2 aromatic carbocycles. The summed E-state index contributed by atoms with van der Waals surface area (Å²) >= 11 is 6.19. The van der Waals surface area contributed by atoms with Gasteiger partial charge in [0.2, 0.25) is 0 Å². The molecular weight excluding hydrogens is 366 g/mol. The van der Waals surface area contributed by atoms with Crippen molar-refractivity contribution < 1.29 is 0 Å². The van der Waals surface area contributed by atoms with Gasteiger partial charge in [0, 0.05) is 28.2 Å². The van der Waals surface area contributed by atoms with Crippen molar-refractivity contribution in [2.75, 3.05) is 25.0 Å². The third-order valence-electron chi connectivity index (χ3n) is 5.31. The fraction of sp³-hybridized carbons (Fsp3) is 0.375. The lowest BCUT2D eigenvalue weighted by molar-refractivity contribution is 0.295. The number of halogens is 1. The second-order valence-electron chi connectivity index (χ2n) is 7.29. The van der Waals surface area contributed by atoms with E-state index < -0.39 is 0 Å². The van der Waals surface area contributed by atoms with Crippen molar-refractivity contribution in [3.8, 4) is 11.1 Å². The van der Waals surface area contributed by atoms with Gasteiger partial charge in [-0.1, -0.05) is 55.8 Å². The Balaban J connectivity index is 1.87. The van der Waals surface area contributed by atoms with E-state index in [0.717, 1.165) is 48.2 Å². The van der Waals surface area contributed by atoms with Crippen LogP contribution in [0.4, 0.5) is 5.69 Å². The van der Waals surface area contributed by atoms with E-state index >= 15 is 0 Å². The summed E-state index contributed by atoms with van der Waals surface area (Å²) in [4.78, 5) is 7.14. The molecule has 0 aliphatic carbocycles. The van der Waals surface area contributed by atoms with Crippen molar-refractivity contribution >= 4 is 28.2 Å². The number of aromatic nitrogens is 1. The lowest BCUT2D eigenvalue weighted by Gasteiger charge is -2.22. The van der Waals surface area contributed by atoms with Crippen LogP contribution in [0.25, 0.3) is 22.0 Å². The molecule has 0 radical (unpaired) electrons. The first kappa shape index (κ1) is 20.6. The number of rotatable bonds is 9. The lowest BCUT2D eigenvalue weighted by Crippen LogP contribution is -2.25. The summed E-state index contributed by atoms with van der Waals surface area (Å²) in [6.45, 7) is 10.1. The highest BCUT2D eigenvalue weighted by Crippen LogP contribution is 2.35. The molecule has 1 heterocycles. The SMILES string of the molecule is CCN(CC)CCCC(C)Nc1c(-c2ccccc2)cnc2cc(Cl)ccc12. The molecule has 0 aliphatic heterocycles. The zero-order valence-corrected chi connectivity index (χ0v) is 17.8. The van der Waals surface area contributed by atoms with Crippen LogP contribution in [0.3, 0.4) is 0 Å². The van der Waals surface area contributed by atoms with Gasteiger partial charge < -0.3 is 10.2 Å². The van der Waals surface area contributed by atoms with Gasteiger partial charge in [-0.2, -0.15) is 0 Å². The van der Waals surface area contributed by atoms with Crippen molar-refractivity contribution in [3.05, 3.63) is 59.8 Å². The molecule has 4 heteroatoms. The van der Waals surface area contributed by atoms with Gasteiger partial charge in [0.05, 0.1) is 11.2 Å². The summed E-state index contributed by atoms with van der Waals surface area (Å²) in [7, 11) is 0. The first-order chi connectivity index (χ1) is 13.6. The van der Waals surface area contributed by atoms with Crippen LogP contribution in [-0.4, -0.2) is 35.6 Å². The Hall–Kier alpha value is -2.10. The monoisotopic (exact) mass is 395 g/mol. The molecule has 1 N–H and O–H groups in total. The van der Waals surface area contributed by atoms with Gasteiger partial charge in [0.15, 0.2) is 0 Å². The number of fused-ring (bicyclic) bond motifs is 1. The van der Waals surface area contributed by atoms with Crippen molar-refractivity contribution in [2.24, 2.45) is 0 Å². The summed E-state index contributed by atoms with van der Waals surface area (Å²) < 4.78 is 0. The molecule has 0 fully saturated rings. The first-order valence-corrected chi connectivity index (χ1v) is 10.6. The predicted molar refractivity (Wildman–Crippen MR) is 122 cm³/mol. The zero-order valence-electron chi connectivity index (χ0n) is 17.1. The minimum absolute atomic E-state index is 0.374. The van der Waals surface area contributed by atoms with Crippen LogP contribution in [0.15, 0.2) is 54.7 Å². The molecule has 148 valence electrons. The van der Waals surface area contributed by atoms with E-state index in [1.165, 1.54) is 12.0 Å². The van der Waals surface area contributed by atoms with E-state index in [2.05, 4.69) is 66.3 Å². The number of anilines is 1. The molecule has 0 saturated heterocycles. The molecule has 0 amide bonds. The molecule has 0 saturated carbocycles. The second kappa shape index (κ2) is 9.90. The predicted octanol–water partition coefficient (Wildman–Crippen LogP) is 6.48. The third kappa shape index (κ3) is 5.03. The van der Waals surface area contributed by atoms with E-state index in [0.29, 0.717) is 11.1 Å². The maximum atomic E-state index is 6.19. The van der Waals surface area contributed by atoms with Crippen molar-refractivity contribution in [2.45, 2.75) is 39.7 Å². The summed E-state index contributed by atoms with van der Waals surface area (Å²) in [5, 5.41) is 5.61. The van der Waals surface area contributed by atoms with Crippen molar-refractivity contribution in [1.82, 2.24) is 9.88 Å². The lowest BCUT2D eigenvalue weighted by atomic mass is 10.0. The van der Waals surface area contributed by atoms with Crippen LogP contribution in [0.5, 0.6) is 0 Å². The molecule has 0 spiro atoms. The molecule has 0 bridgehead atoms. The van der Waals surface area contributed by atoms with E-state index in [1.54, 1.807) is 0 Å². The van der Waals surface area contributed by atoms with Gasteiger partial charge in [-0.25, -0.2) is 0 Å². The Bertz CT molecular complexity index is 891.